The molecule has 3 rings (SSSR count). The fraction of sp³-hybridized carbons (Fsp3) is 0.654. The lowest BCUT2D eigenvalue weighted by molar-refractivity contribution is 0.0280. The number of amides is 1. The molecule has 1 saturated heterocycles. The summed E-state index contributed by atoms with van der Waals surface area (Å²) in [7, 11) is 3.10. The minimum atomic E-state index is -0.572. The average molecular weight is 446 g/mol. The Labute approximate surface area is 192 Å². The number of aliphatic hydroxyl groups excluding tert-OH is 1. The van der Waals surface area contributed by atoms with Crippen molar-refractivity contribution in [3.63, 3.8) is 0 Å². The van der Waals surface area contributed by atoms with Crippen LogP contribution in [0.4, 0.5) is 4.79 Å². The van der Waals surface area contributed by atoms with Crippen LogP contribution in [0.25, 0.3) is 0 Å². The summed E-state index contributed by atoms with van der Waals surface area (Å²) in [6.07, 6.45) is 14.8. The van der Waals surface area contributed by atoms with Crippen molar-refractivity contribution in [2.45, 2.75) is 71.2 Å². The first kappa shape index (κ1) is 24.6. The van der Waals surface area contributed by atoms with Crippen LogP contribution in [0.1, 0.15) is 52.9 Å². The first-order valence-electron chi connectivity index (χ1n) is 11.7. The van der Waals surface area contributed by atoms with Crippen molar-refractivity contribution in [1.29, 1.82) is 0 Å². The Bertz CT molecular complexity index is 796. The highest BCUT2D eigenvalue weighted by atomic mass is 16.5. The Hall–Kier alpha value is -2.05. The van der Waals surface area contributed by atoms with Gasteiger partial charge in [0, 0.05) is 31.5 Å². The highest BCUT2D eigenvalue weighted by molar-refractivity contribution is 5.68. The quantitative estimate of drug-likeness (QED) is 0.583. The van der Waals surface area contributed by atoms with Gasteiger partial charge in [0.2, 0.25) is 0 Å². The minimum Gasteiger partial charge on any atom is -0.492 e. The number of likely N-dealkylation sites (tertiary alicyclic amines) is 1. The molecule has 0 bridgehead atoms. The van der Waals surface area contributed by atoms with Gasteiger partial charge in [0.1, 0.15) is 11.9 Å². The molecule has 5 atom stereocenters. The van der Waals surface area contributed by atoms with E-state index in [0.717, 1.165) is 37.0 Å². The van der Waals surface area contributed by atoms with E-state index in [0.29, 0.717) is 19.5 Å². The van der Waals surface area contributed by atoms with Gasteiger partial charge in [0.25, 0.3) is 0 Å². The maximum atomic E-state index is 12.2. The molecule has 32 heavy (non-hydrogen) atoms. The van der Waals surface area contributed by atoms with E-state index >= 15 is 0 Å². The molecule has 1 fully saturated rings. The molecule has 1 heterocycles. The summed E-state index contributed by atoms with van der Waals surface area (Å²) >= 11 is 0. The molecule has 178 valence electrons. The van der Waals surface area contributed by atoms with Crippen LogP contribution >= 0.6 is 0 Å². The summed E-state index contributed by atoms with van der Waals surface area (Å²) in [4.78, 5) is 13.9. The first-order chi connectivity index (χ1) is 15.3. The zero-order valence-electron chi connectivity index (χ0n) is 20.2. The minimum absolute atomic E-state index is 0.00695. The van der Waals surface area contributed by atoms with Crippen molar-refractivity contribution in [2.75, 3.05) is 27.3 Å². The van der Waals surface area contributed by atoms with Crippen LogP contribution < -0.4 is 0 Å². The summed E-state index contributed by atoms with van der Waals surface area (Å²) in [5.74, 6) is 0.826. The maximum absolute atomic E-state index is 12.2. The smallest absolute Gasteiger partial charge is 0.409 e. The Morgan fingerprint density at radius 3 is 2.75 bits per heavy atom. The number of carbonyl (C=O) groups is 1. The molecule has 1 aliphatic heterocycles. The summed E-state index contributed by atoms with van der Waals surface area (Å²) in [6, 6.07) is 0. The second kappa shape index (κ2) is 10.7. The van der Waals surface area contributed by atoms with E-state index in [9.17, 15) is 9.90 Å². The molecule has 2 aliphatic carbocycles. The Morgan fingerprint density at radius 1 is 1.34 bits per heavy atom. The molecule has 1 amide bonds. The number of nitrogens with zero attached hydrogens (tertiary/aromatic N) is 1. The highest BCUT2D eigenvalue weighted by Gasteiger charge is 2.49. The van der Waals surface area contributed by atoms with Crippen LogP contribution in [0.15, 0.2) is 47.3 Å². The lowest BCUT2D eigenvalue weighted by Gasteiger charge is -2.36. The molecule has 0 aromatic carbocycles. The Balaban J connectivity index is 1.73. The lowest BCUT2D eigenvalue weighted by atomic mass is 9.71. The van der Waals surface area contributed by atoms with Crippen molar-refractivity contribution in [1.82, 2.24) is 4.90 Å². The van der Waals surface area contributed by atoms with Crippen LogP contribution in [0, 0.1) is 11.3 Å². The van der Waals surface area contributed by atoms with Gasteiger partial charge >= 0.3 is 6.09 Å². The van der Waals surface area contributed by atoms with Crippen molar-refractivity contribution in [3.05, 3.63) is 47.3 Å². The van der Waals surface area contributed by atoms with E-state index in [-0.39, 0.29) is 24.2 Å². The van der Waals surface area contributed by atoms with Gasteiger partial charge in [-0.25, -0.2) is 4.79 Å². The van der Waals surface area contributed by atoms with Gasteiger partial charge in [-0.2, -0.15) is 0 Å². The van der Waals surface area contributed by atoms with E-state index in [1.165, 1.54) is 12.7 Å². The monoisotopic (exact) mass is 445 g/mol. The molecular weight excluding hydrogens is 406 g/mol. The van der Waals surface area contributed by atoms with E-state index in [4.69, 9.17) is 14.2 Å². The zero-order chi connectivity index (χ0) is 23.3. The standard InChI is InChI=1S/C26H39NO5/c1-18(11-12-20-9-7-6-8-10-20)32-24-15-21(13-14-23(24)30-4)22-16-27(25(29)31-5)17-26(22,3)19(2)28/h6-7,9,13,15,18-19,22-23,28H,8,10-12,14,16-17H2,1-5H3/t18?,19-,22-,23?,26-/m0/s1. The van der Waals surface area contributed by atoms with Crippen LogP contribution in [0.5, 0.6) is 0 Å². The second-order valence-electron chi connectivity index (χ2n) is 9.55. The fourth-order valence-electron chi connectivity index (χ4n) is 4.97. The number of aliphatic hydroxyl groups is 1. The third kappa shape index (κ3) is 5.46. The van der Waals surface area contributed by atoms with Crippen LogP contribution in [-0.4, -0.2) is 61.7 Å². The van der Waals surface area contributed by atoms with E-state index in [1.54, 1.807) is 18.9 Å². The molecule has 1 N–H and O–H groups in total. The number of methoxy groups -OCH3 is 2. The lowest BCUT2D eigenvalue weighted by Crippen LogP contribution is -2.39. The van der Waals surface area contributed by atoms with Crippen molar-refractivity contribution in [2.24, 2.45) is 11.3 Å². The van der Waals surface area contributed by atoms with Gasteiger partial charge in [0.05, 0.1) is 19.3 Å². The maximum Gasteiger partial charge on any atom is 0.409 e. The van der Waals surface area contributed by atoms with Crippen LogP contribution in [0.2, 0.25) is 0 Å². The van der Waals surface area contributed by atoms with Crippen molar-refractivity contribution in [3.8, 4) is 0 Å². The topological polar surface area (TPSA) is 68.2 Å². The third-order valence-electron chi connectivity index (χ3n) is 7.31. The van der Waals surface area contributed by atoms with Gasteiger partial charge in [-0.3, -0.25) is 0 Å². The molecular formula is C26H39NO5. The zero-order valence-corrected chi connectivity index (χ0v) is 20.2. The van der Waals surface area contributed by atoms with Crippen molar-refractivity contribution < 1.29 is 24.1 Å². The number of allylic oxidation sites excluding steroid dienone is 5. The molecule has 3 aliphatic rings. The van der Waals surface area contributed by atoms with Gasteiger partial charge in [0.15, 0.2) is 0 Å². The molecule has 6 nitrogen and oxygen atoms in total. The summed E-state index contributed by atoms with van der Waals surface area (Å²) in [6.45, 7) is 6.92. The molecule has 0 radical (unpaired) electrons. The number of rotatable bonds is 8. The van der Waals surface area contributed by atoms with Crippen LogP contribution in [0.3, 0.4) is 0 Å². The largest absolute Gasteiger partial charge is 0.492 e. The predicted molar refractivity (Wildman–Crippen MR) is 125 cm³/mol. The number of ether oxygens (including phenoxy) is 3. The molecule has 0 aromatic rings. The SMILES string of the molecule is COC(=O)N1C[C@@H](C2=CCC(OC)C(OC(C)CCC3=CC=CCC3)=C2)[C@](C)([C@H](C)O)C1. The Morgan fingerprint density at radius 2 is 2.12 bits per heavy atom. The Kier molecular flexibility index (Phi) is 8.23. The first-order valence-corrected chi connectivity index (χ1v) is 11.7. The molecule has 2 unspecified atom stereocenters. The summed E-state index contributed by atoms with van der Waals surface area (Å²) in [5.41, 5.74) is 2.11. The normalized spacial score (nSPS) is 29.7. The fourth-order valence-corrected chi connectivity index (χ4v) is 4.97. The predicted octanol–water partition coefficient (Wildman–Crippen LogP) is 4.76. The molecule has 0 aromatic heterocycles. The van der Waals surface area contributed by atoms with E-state index in [1.807, 2.05) is 6.92 Å². The molecule has 0 saturated carbocycles. The van der Waals surface area contributed by atoms with E-state index < -0.39 is 11.5 Å². The summed E-state index contributed by atoms with van der Waals surface area (Å²) < 4.78 is 17.0. The van der Waals surface area contributed by atoms with E-state index in [2.05, 4.69) is 37.3 Å². The van der Waals surface area contributed by atoms with Gasteiger partial charge in [-0.1, -0.05) is 36.8 Å². The highest BCUT2D eigenvalue weighted by Crippen LogP contribution is 2.45. The van der Waals surface area contributed by atoms with Crippen molar-refractivity contribution >= 4 is 6.09 Å². The molecule has 6 heteroatoms. The number of hydrogen-bond acceptors (Lipinski definition) is 5. The molecule has 0 spiro atoms. The summed E-state index contributed by atoms with van der Waals surface area (Å²) in [5, 5.41) is 10.6. The van der Waals surface area contributed by atoms with Gasteiger partial charge in [-0.15, -0.1) is 0 Å². The number of hydrogen-bond donors (Lipinski definition) is 1. The van der Waals surface area contributed by atoms with Gasteiger partial charge in [-0.05, 0) is 57.6 Å². The average Bonchev–Trinajstić information content (AvgIpc) is 3.17. The second-order valence-corrected chi connectivity index (χ2v) is 9.55. The van der Waals surface area contributed by atoms with Gasteiger partial charge < -0.3 is 24.2 Å². The third-order valence-corrected chi connectivity index (χ3v) is 7.31. The van der Waals surface area contributed by atoms with Crippen LogP contribution in [-0.2, 0) is 14.2 Å². The number of carbonyl (C=O) groups excluding carboxylic acids is 1.